The van der Waals surface area contributed by atoms with Crippen LogP contribution in [0, 0.1) is 5.92 Å². The summed E-state index contributed by atoms with van der Waals surface area (Å²) >= 11 is 5.98. The van der Waals surface area contributed by atoms with E-state index in [2.05, 4.69) is 23.4 Å². The highest BCUT2D eigenvalue weighted by atomic mass is 35.5. The molecular weight excluding hydrogens is 258 g/mol. The molecule has 0 aliphatic heterocycles. The highest BCUT2D eigenvalue weighted by Gasteiger charge is 2.21. The molecule has 1 aliphatic carbocycles. The summed E-state index contributed by atoms with van der Waals surface area (Å²) in [5.74, 6) is 0.839. The minimum Gasteiger partial charge on any atom is -0.308 e. The summed E-state index contributed by atoms with van der Waals surface area (Å²) in [5, 5.41) is 4.35. The number of hydrogen-bond donors (Lipinski definition) is 1. The third-order valence-corrected chi connectivity index (χ3v) is 4.40. The van der Waals surface area contributed by atoms with E-state index >= 15 is 0 Å². The molecule has 0 unspecified atom stereocenters. The molecule has 0 aromatic carbocycles. The van der Waals surface area contributed by atoms with Crippen LogP contribution in [0.5, 0.6) is 0 Å². The third kappa shape index (κ3) is 2.93. The second-order valence-electron chi connectivity index (χ2n) is 5.56. The average Bonchev–Trinajstić information content (AvgIpc) is 3.04. The van der Waals surface area contributed by atoms with Crippen molar-refractivity contribution in [2.24, 2.45) is 5.92 Å². The molecule has 2 aromatic heterocycles. The van der Waals surface area contributed by atoms with Gasteiger partial charge in [-0.2, -0.15) is 0 Å². The molecule has 0 bridgehead atoms. The number of rotatable bonds is 4. The van der Waals surface area contributed by atoms with Crippen molar-refractivity contribution >= 4 is 17.2 Å². The molecule has 1 saturated carbocycles. The van der Waals surface area contributed by atoms with Gasteiger partial charge >= 0.3 is 0 Å². The Bertz CT molecular complexity index is 558. The summed E-state index contributed by atoms with van der Waals surface area (Å²) in [5.41, 5.74) is 2.03. The molecule has 2 aromatic rings. The lowest BCUT2D eigenvalue weighted by atomic mass is 10.00. The van der Waals surface area contributed by atoms with Crippen LogP contribution >= 0.6 is 11.6 Å². The fraction of sp³-hybridized carbons (Fsp3) is 0.533. The number of imidazole rings is 1. The Morgan fingerprint density at radius 3 is 2.95 bits per heavy atom. The Labute approximate surface area is 119 Å². The molecular formula is C15H20ClN3. The summed E-state index contributed by atoms with van der Waals surface area (Å²) in [6, 6.07) is 4.41. The molecule has 3 rings (SSSR count). The van der Waals surface area contributed by atoms with Crippen molar-refractivity contribution in [1.82, 2.24) is 14.7 Å². The van der Waals surface area contributed by atoms with Crippen LogP contribution in [0.25, 0.3) is 5.65 Å². The van der Waals surface area contributed by atoms with E-state index < -0.39 is 0 Å². The molecule has 1 fully saturated rings. The summed E-state index contributed by atoms with van der Waals surface area (Å²) in [6.07, 6.45) is 9.47. The van der Waals surface area contributed by atoms with Gasteiger partial charge in [0.05, 0.1) is 10.7 Å². The van der Waals surface area contributed by atoms with Gasteiger partial charge in [0.25, 0.3) is 0 Å². The van der Waals surface area contributed by atoms with Crippen molar-refractivity contribution in [3.8, 4) is 0 Å². The zero-order valence-electron chi connectivity index (χ0n) is 11.3. The van der Waals surface area contributed by atoms with Crippen molar-refractivity contribution in [3.05, 3.63) is 35.2 Å². The quantitative estimate of drug-likeness (QED) is 0.924. The van der Waals surface area contributed by atoms with E-state index in [1.807, 2.05) is 22.7 Å². The van der Waals surface area contributed by atoms with Crippen molar-refractivity contribution in [3.63, 3.8) is 0 Å². The van der Waals surface area contributed by atoms with Gasteiger partial charge in [0, 0.05) is 25.0 Å². The van der Waals surface area contributed by atoms with Crippen molar-refractivity contribution in [2.45, 2.75) is 45.2 Å². The molecule has 0 saturated heterocycles. The molecule has 1 atom stereocenters. The summed E-state index contributed by atoms with van der Waals surface area (Å²) in [4.78, 5) is 4.59. The minimum absolute atomic E-state index is 0.580. The largest absolute Gasteiger partial charge is 0.308 e. The van der Waals surface area contributed by atoms with Gasteiger partial charge in [-0.15, -0.1) is 0 Å². The molecule has 102 valence electrons. The van der Waals surface area contributed by atoms with Gasteiger partial charge in [-0.3, -0.25) is 0 Å². The smallest absolute Gasteiger partial charge is 0.137 e. The minimum atomic E-state index is 0.580. The fourth-order valence-electron chi connectivity index (χ4n) is 2.99. The van der Waals surface area contributed by atoms with Gasteiger partial charge in [-0.05, 0) is 37.8 Å². The monoisotopic (exact) mass is 277 g/mol. The first-order valence-electron chi connectivity index (χ1n) is 7.09. The van der Waals surface area contributed by atoms with Crippen molar-refractivity contribution < 1.29 is 0 Å². The first-order valence-corrected chi connectivity index (χ1v) is 7.47. The maximum atomic E-state index is 5.98. The number of aromatic nitrogens is 2. The standard InChI is InChI=1S/C15H20ClN3/c1-11(12-4-2-3-5-12)17-8-14-10-19-9-13(16)6-7-15(19)18-14/h6-7,9-12,17H,2-5,8H2,1H3/t11-/m1/s1. The Morgan fingerprint density at radius 1 is 1.37 bits per heavy atom. The van der Waals surface area contributed by atoms with Crippen LogP contribution < -0.4 is 5.32 Å². The normalized spacial score (nSPS) is 18.2. The number of halogens is 1. The van der Waals surface area contributed by atoms with Crippen molar-refractivity contribution in [1.29, 1.82) is 0 Å². The van der Waals surface area contributed by atoms with Crippen LogP contribution in [0.1, 0.15) is 38.3 Å². The van der Waals surface area contributed by atoms with Gasteiger partial charge in [0.2, 0.25) is 0 Å². The number of hydrogen-bond acceptors (Lipinski definition) is 2. The predicted octanol–water partition coefficient (Wildman–Crippen LogP) is 3.66. The van der Waals surface area contributed by atoms with E-state index in [1.54, 1.807) is 0 Å². The first kappa shape index (κ1) is 12.9. The fourth-order valence-corrected chi connectivity index (χ4v) is 3.16. The van der Waals surface area contributed by atoms with E-state index in [9.17, 15) is 0 Å². The highest BCUT2D eigenvalue weighted by Crippen LogP contribution is 2.27. The van der Waals surface area contributed by atoms with E-state index in [-0.39, 0.29) is 0 Å². The Hall–Kier alpha value is -1.06. The molecule has 1 aliphatic rings. The van der Waals surface area contributed by atoms with Crippen LogP contribution in [0.4, 0.5) is 0 Å². The lowest BCUT2D eigenvalue weighted by molar-refractivity contribution is 0.379. The lowest BCUT2D eigenvalue weighted by Gasteiger charge is -2.19. The number of fused-ring (bicyclic) bond motifs is 1. The third-order valence-electron chi connectivity index (χ3n) is 4.18. The van der Waals surface area contributed by atoms with Gasteiger partial charge in [0.15, 0.2) is 0 Å². The van der Waals surface area contributed by atoms with Crippen LogP contribution in [0.15, 0.2) is 24.5 Å². The lowest BCUT2D eigenvalue weighted by Crippen LogP contribution is -2.31. The topological polar surface area (TPSA) is 29.3 Å². The zero-order chi connectivity index (χ0) is 13.2. The van der Waals surface area contributed by atoms with Crippen LogP contribution in [0.2, 0.25) is 5.02 Å². The van der Waals surface area contributed by atoms with Crippen LogP contribution in [0.3, 0.4) is 0 Å². The highest BCUT2D eigenvalue weighted by molar-refractivity contribution is 6.30. The van der Waals surface area contributed by atoms with Crippen LogP contribution in [-0.2, 0) is 6.54 Å². The van der Waals surface area contributed by atoms with Gasteiger partial charge < -0.3 is 9.72 Å². The molecule has 19 heavy (non-hydrogen) atoms. The number of nitrogens with one attached hydrogen (secondary N) is 1. The van der Waals surface area contributed by atoms with Gasteiger partial charge in [0.1, 0.15) is 5.65 Å². The van der Waals surface area contributed by atoms with Gasteiger partial charge in [-0.1, -0.05) is 24.4 Å². The summed E-state index contributed by atoms with van der Waals surface area (Å²) in [6.45, 7) is 3.12. The molecule has 0 spiro atoms. The molecule has 0 radical (unpaired) electrons. The molecule has 3 nitrogen and oxygen atoms in total. The van der Waals surface area contributed by atoms with E-state index in [0.717, 1.165) is 28.8 Å². The van der Waals surface area contributed by atoms with E-state index in [1.165, 1.54) is 25.7 Å². The maximum absolute atomic E-state index is 5.98. The molecule has 4 heteroatoms. The van der Waals surface area contributed by atoms with Crippen LogP contribution in [-0.4, -0.2) is 15.4 Å². The van der Waals surface area contributed by atoms with E-state index in [4.69, 9.17) is 11.6 Å². The maximum Gasteiger partial charge on any atom is 0.137 e. The SMILES string of the molecule is C[C@@H](NCc1cn2cc(Cl)ccc2n1)C1CCCC1. The summed E-state index contributed by atoms with van der Waals surface area (Å²) < 4.78 is 1.99. The van der Waals surface area contributed by atoms with Gasteiger partial charge in [-0.25, -0.2) is 4.98 Å². The predicted molar refractivity (Wildman–Crippen MR) is 78.5 cm³/mol. The number of pyridine rings is 1. The first-order chi connectivity index (χ1) is 9.22. The molecule has 2 heterocycles. The summed E-state index contributed by atoms with van der Waals surface area (Å²) in [7, 11) is 0. The van der Waals surface area contributed by atoms with Crippen molar-refractivity contribution in [2.75, 3.05) is 0 Å². The second-order valence-corrected chi connectivity index (χ2v) is 6.00. The Morgan fingerprint density at radius 2 is 2.16 bits per heavy atom. The number of nitrogens with zero attached hydrogens (tertiary/aromatic N) is 2. The second kappa shape index (κ2) is 5.51. The Kier molecular flexibility index (Phi) is 3.76. The average molecular weight is 278 g/mol. The zero-order valence-corrected chi connectivity index (χ0v) is 12.0. The van der Waals surface area contributed by atoms with E-state index in [0.29, 0.717) is 6.04 Å². The Balaban J connectivity index is 1.64. The molecule has 1 N–H and O–H groups in total. The molecule has 0 amide bonds.